The van der Waals surface area contributed by atoms with Gasteiger partial charge in [-0.3, -0.25) is 4.79 Å². The fourth-order valence-corrected chi connectivity index (χ4v) is 4.08. The van der Waals surface area contributed by atoms with Crippen molar-refractivity contribution in [3.05, 3.63) is 34.0 Å². The SMILES string of the molecule is Cc1c(C(=O)NC2CCCCC2CN(C)C)oc2cc(Br)ccc12. The maximum absolute atomic E-state index is 12.8. The molecule has 24 heavy (non-hydrogen) atoms. The minimum Gasteiger partial charge on any atom is -0.451 e. The zero-order valence-electron chi connectivity index (χ0n) is 14.6. The molecule has 130 valence electrons. The van der Waals surface area contributed by atoms with Gasteiger partial charge in [0.15, 0.2) is 5.76 Å². The van der Waals surface area contributed by atoms with Crippen LogP contribution in [0.5, 0.6) is 0 Å². The molecule has 0 aliphatic heterocycles. The highest BCUT2D eigenvalue weighted by molar-refractivity contribution is 9.10. The van der Waals surface area contributed by atoms with E-state index in [2.05, 4.69) is 40.2 Å². The van der Waals surface area contributed by atoms with Crippen molar-refractivity contribution in [1.29, 1.82) is 0 Å². The van der Waals surface area contributed by atoms with E-state index in [-0.39, 0.29) is 11.9 Å². The van der Waals surface area contributed by atoms with E-state index in [1.165, 1.54) is 19.3 Å². The average molecular weight is 393 g/mol. The van der Waals surface area contributed by atoms with Crippen molar-refractivity contribution >= 4 is 32.8 Å². The molecule has 1 amide bonds. The fourth-order valence-electron chi connectivity index (χ4n) is 3.74. The van der Waals surface area contributed by atoms with E-state index in [1.54, 1.807) is 0 Å². The second-order valence-corrected chi connectivity index (χ2v) is 8.00. The van der Waals surface area contributed by atoms with Crippen LogP contribution in [0, 0.1) is 12.8 Å². The summed E-state index contributed by atoms with van der Waals surface area (Å²) < 4.78 is 6.80. The molecule has 1 fully saturated rings. The topological polar surface area (TPSA) is 45.5 Å². The van der Waals surface area contributed by atoms with Gasteiger partial charge in [-0.15, -0.1) is 0 Å². The molecule has 1 aliphatic carbocycles. The Morgan fingerprint density at radius 3 is 2.83 bits per heavy atom. The summed E-state index contributed by atoms with van der Waals surface area (Å²) in [5, 5.41) is 4.23. The van der Waals surface area contributed by atoms with Gasteiger partial charge in [-0.05, 0) is 58.0 Å². The third kappa shape index (κ3) is 3.67. The summed E-state index contributed by atoms with van der Waals surface area (Å²) >= 11 is 3.45. The molecule has 1 heterocycles. The van der Waals surface area contributed by atoms with Crippen molar-refractivity contribution < 1.29 is 9.21 Å². The smallest absolute Gasteiger partial charge is 0.287 e. The molecule has 0 saturated heterocycles. The Morgan fingerprint density at radius 2 is 2.08 bits per heavy atom. The first-order chi connectivity index (χ1) is 11.5. The quantitative estimate of drug-likeness (QED) is 0.840. The summed E-state index contributed by atoms with van der Waals surface area (Å²) in [4.78, 5) is 15.0. The third-order valence-corrected chi connectivity index (χ3v) is 5.42. The van der Waals surface area contributed by atoms with Crippen LogP contribution in [0.3, 0.4) is 0 Å². The maximum Gasteiger partial charge on any atom is 0.287 e. The zero-order valence-corrected chi connectivity index (χ0v) is 16.1. The van der Waals surface area contributed by atoms with Crippen LogP contribution >= 0.6 is 15.9 Å². The predicted molar refractivity (Wildman–Crippen MR) is 100 cm³/mol. The number of hydrogen-bond donors (Lipinski definition) is 1. The molecule has 1 aromatic carbocycles. The number of rotatable bonds is 4. The molecule has 2 unspecified atom stereocenters. The van der Waals surface area contributed by atoms with Crippen molar-refractivity contribution in [1.82, 2.24) is 10.2 Å². The van der Waals surface area contributed by atoms with Crippen LogP contribution in [0.15, 0.2) is 27.1 Å². The molecule has 1 aromatic heterocycles. The molecule has 5 heteroatoms. The molecule has 2 atom stereocenters. The molecule has 0 bridgehead atoms. The Bertz CT molecular complexity index is 738. The highest BCUT2D eigenvalue weighted by Crippen LogP contribution is 2.29. The van der Waals surface area contributed by atoms with Crippen LogP contribution in [-0.2, 0) is 0 Å². The van der Waals surface area contributed by atoms with Gasteiger partial charge in [0.1, 0.15) is 5.58 Å². The normalized spacial score (nSPS) is 21.4. The molecule has 1 N–H and O–H groups in total. The van der Waals surface area contributed by atoms with Crippen LogP contribution in [0.2, 0.25) is 0 Å². The number of carbonyl (C=O) groups excluding carboxylic acids is 1. The van der Waals surface area contributed by atoms with Crippen LogP contribution < -0.4 is 5.32 Å². The van der Waals surface area contributed by atoms with Gasteiger partial charge in [-0.25, -0.2) is 0 Å². The largest absolute Gasteiger partial charge is 0.451 e. The number of hydrogen-bond acceptors (Lipinski definition) is 3. The lowest BCUT2D eigenvalue weighted by molar-refractivity contribution is 0.0868. The first kappa shape index (κ1) is 17.5. The van der Waals surface area contributed by atoms with Crippen LogP contribution in [-0.4, -0.2) is 37.5 Å². The Hall–Kier alpha value is -1.33. The number of halogens is 1. The first-order valence-corrected chi connectivity index (χ1v) is 9.39. The van der Waals surface area contributed by atoms with Crippen LogP contribution in [0.4, 0.5) is 0 Å². The van der Waals surface area contributed by atoms with E-state index in [9.17, 15) is 4.79 Å². The molecule has 4 nitrogen and oxygen atoms in total. The number of nitrogens with zero attached hydrogens (tertiary/aromatic N) is 1. The minimum atomic E-state index is -0.0875. The van der Waals surface area contributed by atoms with Gasteiger partial charge in [0.2, 0.25) is 0 Å². The lowest BCUT2D eigenvalue weighted by atomic mass is 9.84. The number of amides is 1. The van der Waals surface area contributed by atoms with Crippen molar-refractivity contribution in [2.45, 2.75) is 38.6 Å². The van der Waals surface area contributed by atoms with Crippen molar-refractivity contribution in [3.8, 4) is 0 Å². The molecule has 1 saturated carbocycles. The summed E-state index contributed by atoms with van der Waals surface area (Å²) in [6.45, 7) is 2.96. The summed E-state index contributed by atoms with van der Waals surface area (Å²) in [6.07, 6.45) is 4.66. The third-order valence-electron chi connectivity index (χ3n) is 4.93. The Kier molecular flexibility index (Phi) is 5.30. The van der Waals surface area contributed by atoms with Crippen LogP contribution in [0.1, 0.15) is 41.8 Å². The van der Waals surface area contributed by atoms with Gasteiger partial charge in [-0.1, -0.05) is 28.8 Å². The molecule has 2 aromatic rings. The average Bonchev–Trinajstić information content (AvgIpc) is 2.85. The van der Waals surface area contributed by atoms with Crippen molar-refractivity contribution in [2.24, 2.45) is 5.92 Å². The monoisotopic (exact) mass is 392 g/mol. The van der Waals surface area contributed by atoms with Crippen LogP contribution in [0.25, 0.3) is 11.0 Å². The van der Waals surface area contributed by atoms with Gasteiger partial charge < -0.3 is 14.6 Å². The summed E-state index contributed by atoms with van der Waals surface area (Å²) in [6, 6.07) is 6.10. The van der Waals surface area contributed by atoms with E-state index in [0.717, 1.165) is 34.0 Å². The van der Waals surface area contributed by atoms with E-state index in [4.69, 9.17) is 4.42 Å². The van der Waals surface area contributed by atoms with Gasteiger partial charge >= 0.3 is 0 Å². The molecular formula is C19H25BrN2O2. The summed E-state index contributed by atoms with van der Waals surface area (Å²) in [5.41, 5.74) is 1.66. The van der Waals surface area contributed by atoms with E-state index in [1.807, 2.05) is 25.1 Å². The zero-order chi connectivity index (χ0) is 17.3. The Morgan fingerprint density at radius 1 is 1.33 bits per heavy atom. The molecule has 3 rings (SSSR count). The van der Waals surface area contributed by atoms with E-state index in [0.29, 0.717) is 11.7 Å². The van der Waals surface area contributed by atoms with Gasteiger partial charge in [0, 0.05) is 28.0 Å². The number of aryl methyl sites for hydroxylation is 1. The highest BCUT2D eigenvalue weighted by Gasteiger charge is 2.28. The standard InChI is InChI=1S/C19H25BrN2O2/c1-12-15-9-8-14(20)10-17(15)24-18(12)19(23)21-16-7-5-4-6-13(16)11-22(2)3/h8-10,13,16H,4-7,11H2,1-3H3,(H,21,23). The Balaban J connectivity index is 1.80. The number of benzene rings is 1. The lowest BCUT2D eigenvalue weighted by Gasteiger charge is -2.33. The fraction of sp³-hybridized carbons (Fsp3) is 0.526. The number of nitrogens with one attached hydrogen (secondary N) is 1. The molecular weight excluding hydrogens is 368 g/mol. The summed E-state index contributed by atoms with van der Waals surface area (Å²) in [7, 11) is 4.18. The summed E-state index contributed by atoms with van der Waals surface area (Å²) in [5.74, 6) is 0.865. The van der Waals surface area contributed by atoms with Gasteiger partial charge in [0.25, 0.3) is 5.91 Å². The molecule has 0 radical (unpaired) electrons. The second-order valence-electron chi connectivity index (χ2n) is 7.08. The molecule has 1 aliphatic rings. The lowest BCUT2D eigenvalue weighted by Crippen LogP contribution is -2.45. The predicted octanol–water partition coefficient (Wildman–Crippen LogP) is 4.35. The second kappa shape index (κ2) is 7.28. The molecule has 0 spiro atoms. The number of carbonyl (C=O) groups is 1. The van der Waals surface area contributed by atoms with E-state index < -0.39 is 0 Å². The number of furan rings is 1. The maximum atomic E-state index is 12.8. The number of fused-ring (bicyclic) bond motifs is 1. The van der Waals surface area contributed by atoms with Crippen molar-refractivity contribution in [2.75, 3.05) is 20.6 Å². The minimum absolute atomic E-state index is 0.0875. The van der Waals surface area contributed by atoms with Crippen molar-refractivity contribution in [3.63, 3.8) is 0 Å². The first-order valence-electron chi connectivity index (χ1n) is 8.60. The Labute approximate surface area is 151 Å². The van der Waals surface area contributed by atoms with Gasteiger partial charge in [-0.2, -0.15) is 0 Å². The van der Waals surface area contributed by atoms with Gasteiger partial charge in [0.05, 0.1) is 0 Å². The van der Waals surface area contributed by atoms with E-state index >= 15 is 0 Å². The highest BCUT2D eigenvalue weighted by atomic mass is 79.9.